The molecule has 1 heterocycles. The van der Waals surface area contributed by atoms with Crippen LogP contribution >= 0.6 is 23.4 Å². The van der Waals surface area contributed by atoms with Crippen LogP contribution < -0.4 is 5.32 Å². The first-order valence-electron chi connectivity index (χ1n) is 7.65. The molecule has 6 heteroatoms. The number of nitrogens with zero attached hydrogens (tertiary/aromatic N) is 2. The summed E-state index contributed by atoms with van der Waals surface area (Å²) in [5.74, 6) is -0.0120. The summed E-state index contributed by atoms with van der Waals surface area (Å²) >= 11 is 7.32. The number of aromatic nitrogens is 2. The molecule has 0 aliphatic carbocycles. The van der Waals surface area contributed by atoms with E-state index in [0.717, 1.165) is 21.8 Å². The van der Waals surface area contributed by atoms with E-state index in [-0.39, 0.29) is 11.2 Å². The van der Waals surface area contributed by atoms with Gasteiger partial charge < -0.3 is 9.88 Å². The first-order chi connectivity index (χ1) is 11.5. The van der Waals surface area contributed by atoms with Gasteiger partial charge in [-0.05, 0) is 36.8 Å². The highest BCUT2D eigenvalue weighted by Crippen LogP contribution is 2.26. The van der Waals surface area contributed by atoms with Gasteiger partial charge in [0.25, 0.3) is 0 Å². The van der Waals surface area contributed by atoms with Crippen LogP contribution in [0, 0.1) is 0 Å². The SMILES string of the molecule is C[C@H](Sc1nc2ccccc2n1C)C(=O)NCc1ccc(Cl)cc1. The summed E-state index contributed by atoms with van der Waals surface area (Å²) in [5, 5.41) is 4.25. The van der Waals surface area contributed by atoms with Crippen molar-refractivity contribution < 1.29 is 4.79 Å². The molecule has 0 saturated carbocycles. The Kier molecular flexibility index (Phi) is 5.11. The lowest BCUT2D eigenvalue weighted by molar-refractivity contribution is -0.120. The third kappa shape index (κ3) is 3.74. The van der Waals surface area contributed by atoms with E-state index in [1.165, 1.54) is 11.8 Å². The first-order valence-corrected chi connectivity index (χ1v) is 8.90. The number of amides is 1. The number of hydrogen-bond donors (Lipinski definition) is 1. The lowest BCUT2D eigenvalue weighted by Gasteiger charge is -2.12. The van der Waals surface area contributed by atoms with Gasteiger partial charge in [-0.1, -0.05) is 47.6 Å². The second kappa shape index (κ2) is 7.28. The molecule has 2 aromatic carbocycles. The molecule has 24 heavy (non-hydrogen) atoms. The predicted molar refractivity (Wildman–Crippen MR) is 99.3 cm³/mol. The van der Waals surface area contributed by atoms with Crippen molar-refractivity contribution in [3.8, 4) is 0 Å². The molecule has 1 amide bonds. The summed E-state index contributed by atoms with van der Waals surface area (Å²) in [6.07, 6.45) is 0. The highest BCUT2D eigenvalue weighted by Gasteiger charge is 2.18. The Balaban J connectivity index is 1.63. The third-order valence-corrected chi connectivity index (χ3v) is 5.17. The number of fused-ring (bicyclic) bond motifs is 1. The monoisotopic (exact) mass is 359 g/mol. The minimum absolute atomic E-state index is 0.0120. The van der Waals surface area contributed by atoms with E-state index in [1.54, 1.807) is 0 Å². The molecule has 0 unspecified atom stereocenters. The molecule has 0 radical (unpaired) electrons. The molecule has 0 aliphatic heterocycles. The lowest BCUT2D eigenvalue weighted by Crippen LogP contribution is -2.30. The Morgan fingerprint density at radius 2 is 1.96 bits per heavy atom. The average Bonchev–Trinajstić information content (AvgIpc) is 2.90. The van der Waals surface area contributed by atoms with E-state index in [2.05, 4.69) is 10.3 Å². The van der Waals surface area contributed by atoms with Crippen LogP contribution in [0.15, 0.2) is 53.7 Å². The summed E-state index contributed by atoms with van der Waals surface area (Å²) in [5.41, 5.74) is 3.03. The fourth-order valence-corrected chi connectivity index (χ4v) is 3.42. The topological polar surface area (TPSA) is 46.9 Å². The van der Waals surface area contributed by atoms with Gasteiger partial charge in [0.15, 0.2) is 5.16 Å². The Bertz CT molecular complexity index is 860. The molecule has 3 rings (SSSR count). The minimum Gasteiger partial charge on any atom is -0.351 e. The number of carbonyl (C=O) groups is 1. The van der Waals surface area contributed by atoms with Crippen molar-refractivity contribution in [3.63, 3.8) is 0 Å². The number of thioether (sulfide) groups is 1. The normalized spacial score (nSPS) is 12.3. The number of para-hydroxylation sites is 2. The van der Waals surface area contributed by atoms with Crippen LogP contribution in [-0.4, -0.2) is 20.7 Å². The van der Waals surface area contributed by atoms with Gasteiger partial charge in [-0.2, -0.15) is 0 Å². The minimum atomic E-state index is -0.229. The van der Waals surface area contributed by atoms with Crippen LogP contribution in [0.4, 0.5) is 0 Å². The van der Waals surface area contributed by atoms with Gasteiger partial charge in [0.1, 0.15) is 0 Å². The molecule has 1 atom stereocenters. The second-order valence-electron chi connectivity index (χ2n) is 5.55. The van der Waals surface area contributed by atoms with E-state index >= 15 is 0 Å². The molecular formula is C18H18ClN3OS. The van der Waals surface area contributed by atoms with E-state index in [4.69, 9.17) is 11.6 Å². The maximum absolute atomic E-state index is 12.3. The lowest BCUT2D eigenvalue weighted by atomic mass is 10.2. The van der Waals surface area contributed by atoms with E-state index < -0.39 is 0 Å². The molecule has 0 aliphatic rings. The summed E-state index contributed by atoms with van der Waals surface area (Å²) < 4.78 is 2.02. The third-order valence-electron chi connectivity index (χ3n) is 3.78. The van der Waals surface area contributed by atoms with Crippen molar-refractivity contribution in [1.82, 2.24) is 14.9 Å². The second-order valence-corrected chi connectivity index (χ2v) is 7.29. The quantitative estimate of drug-likeness (QED) is 0.700. The molecule has 0 fully saturated rings. The molecule has 0 bridgehead atoms. The van der Waals surface area contributed by atoms with Gasteiger partial charge in [0.05, 0.1) is 16.3 Å². The highest BCUT2D eigenvalue weighted by atomic mass is 35.5. The zero-order chi connectivity index (χ0) is 17.1. The van der Waals surface area contributed by atoms with Crippen LogP contribution in [0.1, 0.15) is 12.5 Å². The molecule has 1 N–H and O–H groups in total. The number of aryl methyl sites for hydroxylation is 1. The van der Waals surface area contributed by atoms with Gasteiger partial charge in [-0.3, -0.25) is 4.79 Å². The number of imidazole rings is 1. The van der Waals surface area contributed by atoms with Crippen LogP contribution in [-0.2, 0) is 18.4 Å². The van der Waals surface area contributed by atoms with Crippen molar-refractivity contribution in [1.29, 1.82) is 0 Å². The Morgan fingerprint density at radius 3 is 2.67 bits per heavy atom. The molecule has 0 saturated heterocycles. The first kappa shape index (κ1) is 16.9. The van der Waals surface area contributed by atoms with Gasteiger partial charge in [-0.25, -0.2) is 4.98 Å². The fourth-order valence-electron chi connectivity index (χ4n) is 2.38. The maximum atomic E-state index is 12.3. The highest BCUT2D eigenvalue weighted by molar-refractivity contribution is 8.00. The zero-order valence-electron chi connectivity index (χ0n) is 13.5. The van der Waals surface area contributed by atoms with Gasteiger partial charge in [0, 0.05) is 18.6 Å². The number of hydrogen-bond acceptors (Lipinski definition) is 3. The molecule has 124 valence electrons. The van der Waals surface area contributed by atoms with Crippen molar-refractivity contribution in [2.75, 3.05) is 0 Å². The number of rotatable bonds is 5. The summed E-state index contributed by atoms with van der Waals surface area (Å²) in [6.45, 7) is 2.38. The summed E-state index contributed by atoms with van der Waals surface area (Å²) in [6, 6.07) is 15.4. The van der Waals surface area contributed by atoms with Crippen molar-refractivity contribution in [3.05, 3.63) is 59.1 Å². The van der Waals surface area contributed by atoms with Crippen molar-refractivity contribution in [2.45, 2.75) is 23.9 Å². The molecule has 4 nitrogen and oxygen atoms in total. The largest absolute Gasteiger partial charge is 0.351 e. The van der Waals surface area contributed by atoms with Crippen molar-refractivity contribution in [2.24, 2.45) is 7.05 Å². The number of benzene rings is 2. The van der Waals surface area contributed by atoms with E-state index in [0.29, 0.717) is 11.6 Å². The molecule has 3 aromatic rings. The van der Waals surface area contributed by atoms with E-state index in [1.807, 2.05) is 67.1 Å². The maximum Gasteiger partial charge on any atom is 0.233 e. The average molecular weight is 360 g/mol. The smallest absolute Gasteiger partial charge is 0.233 e. The molecule has 0 spiro atoms. The number of carbonyl (C=O) groups excluding carboxylic acids is 1. The zero-order valence-corrected chi connectivity index (χ0v) is 15.1. The predicted octanol–water partition coefficient (Wildman–Crippen LogP) is 4.02. The Hall–Kier alpha value is -1.98. The Labute approximate surface area is 150 Å². The summed E-state index contributed by atoms with van der Waals surface area (Å²) in [7, 11) is 1.97. The van der Waals surface area contributed by atoms with Crippen LogP contribution in [0.25, 0.3) is 11.0 Å². The number of halogens is 1. The number of nitrogens with one attached hydrogen (secondary N) is 1. The molecule has 1 aromatic heterocycles. The van der Waals surface area contributed by atoms with E-state index in [9.17, 15) is 4.79 Å². The standard InChI is InChI=1S/C18H18ClN3OS/c1-12(17(23)20-11-13-7-9-14(19)10-8-13)24-18-21-15-5-3-4-6-16(15)22(18)2/h3-10,12H,11H2,1-2H3,(H,20,23)/t12-/m0/s1. The fraction of sp³-hybridized carbons (Fsp3) is 0.222. The molecular weight excluding hydrogens is 342 g/mol. The van der Waals surface area contributed by atoms with Crippen LogP contribution in [0.5, 0.6) is 0 Å². The van der Waals surface area contributed by atoms with Gasteiger partial charge in [-0.15, -0.1) is 0 Å². The Morgan fingerprint density at radius 1 is 1.25 bits per heavy atom. The summed E-state index contributed by atoms with van der Waals surface area (Å²) in [4.78, 5) is 16.9. The van der Waals surface area contributed by atoms with Crippen molar-refractivity contribution >= 4 is 40.3 Å². The van der Waals surface area contributed by atoms with Crippen LogP contribution in [0.3, 0.4) is 0 Å². The van der Waals surface area contributed by atoms with Gasteiger partial charge in [0.2, 0.25) is 5.91 Å². The van der Waals surface area contributed by atoms with Gasteiger partial charge >= 0.3 is 0 Å². The van der Waals surface area contributed by atoms with Crippen LogP contribution in [0.2, 0.25) is 5.02 Å².